The zero-order valence-electron chi connectivity index (χ0n) is 29.4. The first-order valence-corrected chi connectivity index (χ1v) is 21.9. The van der Waals surface area contributed by atoms with Crippen LogP contribution >= 0.6 is 0 Å². The number of benzene rings is 2. The molecule has 0 aliphatic heterocycles. The number of hydrogen-bond donors (Lipinski definition) is 0. The lowest BCUT2D eigenvalue weighted by Gasteiger charge is -2.43. The molecule has 0 radical (unpaired) electrons. The second kappa shape index (κ2) is 16.2. The van der Waals surface area contributed by atoms with Crippen LogP contribution in [0.25, 0.3) is 0 Å². The van der Waals surface area contributed by atoms with Crippen LogP contribution < -0.4 is 0 Å². The Balaban J connectivity index is 2.53. The Morgan fingerprint density at radius 3 is 1.27 bits per heavy atom. The quantitative estimate of drug-likeness (QED) is 0.136. The van der Waals surface area contributed by atoms with Crippen molar-refractivity contribution in [2.75, 3.05) is 26.3 Å². The molecule has 2 unspecified atom stereocenters. The molecule has 5 nitrogen and oxygen atoms in total. The first kappa shape index (κ1) is 37.7. The molecule has 0 N–H and O–H groups in total. The monoisotopic (exact) mass is 636 g/mol. The van der Waals surface area contributed by atoms with Gasteiger partial charge in [-0.25, -0.2) is 4.79 Å². The van der Waals surface area contributed by atoms with Gasteiger partial charge in [0, 0.05) is 13.1 Å². The van der Waals surface area contributed by atoms with Crippen LogP contribution in [0.4, 0.5) is 4.79 Å². The summed E-state index contributed by atoms with van der Waals surface area (Å²) in [5, 5.41) is 0.128. The van der Waals surface area contributed by atoms with Crippen LogP contribution in [0, 0.1) is 0 Å². The van der Waals surface area contributed by atoms with Crippen LogP contribution in [-0.4, -0.2) is 70.9 Å². The first-order chi connectivity index (χ1) is 20.4. The van der Waals surface area contributed by atoms with Crippen molar-refractivity contribution in [1.82, 2.24) is 9.80 Å². The fraction of sp³-hybridized carbons (Fsp3) is 0.541. The van der Waals surface area contributed by atoms with Gasteiger partial charge in [-0.3, -0.25) is 0 Å². The highest BCUT2D eigenvalue weighted by Gasteiger charge is 2.41. The van der Waals surface area contributed by atoms with E-state index >= 15 is 0 Å². The maximum absolute atomic E-state index is 14.8. The van der Waals surface area contributed by atoms with Crippen LogP contribution in [0.15, 0.2) is 86.0 Å². The van der Waals surface area contributed by atoms with Gasteiger partial charge in [-0.15, -0.1) is 13.2 Å². The zero-order valence-corrected chi connectivity index (χ0v) is 31.4. The molecular weight excluding hydrogens is 577 g/mol. The fourth-order valence-corrected chi connectivity index (χ4v) is 6.63. The normalized spacial score (nSPS) is 14.0. The maximum atomic E-state index is 14.8. The molecule has 0 bridgehead atoms. The summed E-state index contributed by atoms with van der Waals surface area (Å²) in [6.45, 7) is 32.5. The highest BCUT2D eigenvalue weighted by Crippen LogP contribution is 2.38. The van der Waals surface area contributed by atoms with E-state index in [0.29, 0.717) is 39.1 Å². The summed E-state index contributed by atoms with van der Waals surface area (Å²) in [7, 11) is -4.13. The predicted molar refractivity (Wildman–Crippen MR) is 193 cm³/mol. The van der Waals surface area contributed by atoms with E-state index in [4.69, 9.17) is 8.85 Å². The summed E-state index contributed by atoms with van der Waals surface area (Å²) < 4.78 is 13.6. The zero-order chi connectivity index (χ0) is 33.2. The fourth-order valence-electron chi connectivity index (χ4n) is 4.54. The van der Waals surface area contributed by atoms with E-state index < -0.39 is 16.6 Å². The van der Waals surface area contributed by atoms with Gasteiger partial charge in [0.25, 0.3) is 0 Å². The Kier molecular flexibility index (Phi) is 13.9. The lowest BCUT2D eigenvalue weighted by atomic mass is 10.0. The van der Waals surface area contributed by atoms with Gasteiger partial charge in [-0.1, -0.05) is 114 Å². The molecule has 44 heavy (non-hydrogen) atoms. The molecule has 0 aliphatic rings. The standard InChI is InChI=1S/C37H60N2O3Si2/c1-13-25-38(33(27-31-21-17-15-18-22-31)29-41-43(9,10)36(3,4)5)35(40)39(26-14-2)34(28-32-23-19-16-20-24-32)30-42-44(11,12)37(6,7)8/h13-24,33-34H,1-2,25-30H2,3-12H3. The topological polar surface area (TPSA) is 42.0 Å². The Labute approximate surface area is 271 Å². The van der Waals surface area contributed by atoms with Crippen LogP contribution in [0.5, 0.6) is 0 Å². The van der Waals surface area contributed by atoms with E-state index in [-0.39, 0.29) is 28.2 Å². The van der Waals surface area contributed by atoms with Crippen LogP contribution in [0.3, 0.4) is 0 Å². The minimum atomic E-state index is -2.06. The van der Waals surface area contributed by atoms with Crippen molar-refractivity contribution >= 4 is 22.7 Å². The Morgan fingerprint density at radius 1 is 0.682 bits per heavy atom. The van der Waals surface area contributed by atoms with Crippen LogP contribution in [0.2, 0.25) is 36.3 Å². The van der Waals surface area contributed by atoms with Crippen molar-refractivity contribution in [3.63, 3.8) is 0 Å². The molecule has 0 fully saturated rings. The third kappa shape index (κ3) is 10.9. The average Bonchev–Trinajstić information content (AvgIpc) is 2.95. The summed E-state index contributed by atoms with van der Waals surface area (Å²) in [6.07, 6.45) is 5.04. The summed E-state index contributed by atoms with van der Waals surface area (Å²) in [5.41, 5.74) is 2.35. The highest BCUT2D eigenvalue weighted by atomic mass is 28.4. The molecule has 2 rings (SSSR count). The van der Waals surface area contributed by atoms with E-state index in [2.05, 4.69) is 129 Å². The van der Waals surface area contributed by atoms with Gasteiger partial charge >= 0.3 is 6.03 Å². The van der Waals surface area contributed by atoms with Crippen molar-refractivity contribution < 1.29 is 13.6 Å². The van der Waals surface area contributed by atoms with Crippen molar-refractivity contribution in [1.29, 1.82) is 0 Å². The van der Waals surface area contributed by atoms with E-state index in [1.807, 2.05) is 34.1 Å². The Hall–Kier alpha value is -2.46. The van der Waals surface area contributed by atoms with Gasteiger partial charge in [0.05, 0.1) is 25.3 Å². The van der Waals surface area contributed by atoms with Gasteiger partial charge in [-0.2, -0.15) is 0 Å². The predicted octanol–water partition coefficient (Wildman–Crippen LogP) is 9.35. The van der Waals surface area contributed by atoms with E-state index in [0.717, 1.165) is 0 Å². The van der Waals surface area contributed by atoms with Crippen molar-refractivity contribution in [2.45, 2.75) is 103 Å². The van der Waals surface area contributed by atoms with Gasteiger partial charge in [0.15, 0.2) is 16.6 Å². The lowest BCUT2D eigenvalue weighted by molar-refractivity contribution is 0.0906. The maximum Gasteiger partial charge on any atom is 0.321 e. The minimum Gasteiger partial charge on any atom is -0.415 e. The van der Waals surface area contributed by atoms with Gasteiger partial charge in [-0.05, 0) is 60.2 Å². The van der Waals surface area contributed by atoms with E-state index in [1.54, 1.807) is 0 Å². The summed E-state index contributed by atoms with van der Waals surface area (Å²) in [6, 6.07) is 20.4. The van der Waals surface area contributed by atoms with Crippen LogP contribution in [-0.2, 0) is 21.7 Å². The number of hydrogen-bond acceptors (Lipinski definition) is 3. The molecule has 244 valence electrons. The second-order valence-corrected chi connectivity index (χ2v) is 24.6. The largest absolute Gasteiger partial charge is 0.415 e. The van der Waals surface area contributed by atoms with E-state index in [9.17, 15) is 4.79 Å². The molecule has 0 saturated heterocycles. The molecule has 0 aliphatic carbocycles. The SMILES string of the molecule is C=CCN(C(=O)N(CC=C)C(CO[Si](C)(C)C(C)(C)C)Cc1ccccc1)C(CO[Si](C)(C)C(C)(C)C)Cc1ccccc1. The molecule has 2 aromatic rings. The number of rotatable bonds is 16. The third-order valence-electron chi connectivity index (χ3n) is 9.54. The van der Waals surface area contributed by atoms with Crippen molar-refractivity contribution in [3.8, 4) is 0 Å². The molecule has 7 heteroatoms. The average molecular weight is 637 g/mol. The first-order valence-electron chi connectivity index (χ1n) is 16.1. The molecule has 0 aromatic heterocycles. The number of amides is 2. The van der Waals surface area contributed by atoms with Gasteiger partial charge in [0.1, 0.15) is 0 Å². The number of carbonyl (C=O) groups is 1. The summed E-state index contributed by atoms with van der Waals surface area (Å²) >= 11 is 0. The number of nitrogens with zero attached hydrogens (tertiary/aromatic N) is 2. The molecule has 0 heterocycles. The van der Waals surface area contributed by atoms with Crippen molar-refractivity contribution in [2.24, 2.45) is 0 Å². The molecule has 2 amide bonds. The molecule has 2 aromatic carbocycles. The van der Waals surface area contributed by atoms with E-state index in [1.165, 1.54) is 11.1 Å². The van der Waals surface area contributed by atoms with Crippen LogP contribution in [0.1, 0.15) is 52.7 Å². The molecular formula is C37H60N2O3Si2. The Bertz CT molecular complexity index is 1080. The van der Waals surface area contributed by atoms with Gasteiger partial charge in [0.2, 0.25) is 0 Å². The third-order valence-corrected chi connectivity index (χ3v) is 18.5. The molecule has 0 saturated carbocycles. The van der Waals surface area contributed by atoms with Gasteiger partial charge < -0.3 is 18.7 Å². The molecule has 0 spiro atoms. The summed E-state index contributed by atoms with van der Waals surface area (Å²) in [4.78, 5) is 18.7. The highest BCUT2D eigenvalue weighted by molar-refractivity contribution is 6.74. The molecule has 2 atom stereocenters. The smallest absolute Gasteiger partial charge is 0.321 e. The Morgan fingerprint density at radius 2 is 1.00 bits per heavy atom. The second-order valence-electron chi connectivity index (χ2n) is 15.0. The lowest BCUT2D eigenvalue weighted by Crippen LogP contribution is -2.56. The minimum absolute atomic E-state index is 0.0377. The number of carbonyl (C=O) groups excluding carboxylic acids is 1. The van der Waals surface area contributed by atoms with Crippen molar-refractivity contribution in [3.05, 3.63) is 97.1 Å². The summed E-state index contributed by atoms with van der Waals surface area (Å²) in [5.74, 6) is 0. The number of urea groups is 1.